The van der Waals surface area contributed by atoms with Gasteiger partial charge in [-0.15, -0.1) is 0 Å². The maximum absolute atomic E-state index is 12.6. The minimum Gasteiger partial charge on any atom is -0.506 e. The van der Waals surface area contributed by atoms with E-state index in [1.54, 1.807) is 0 Å². The molecule has 1 rings (SSSR count). The maximum Gasteiger partial charge on any atom is 0.150 e. The highest BCUT2D eigenvalue weighted by Crippen LogP contribution is 2.26. The summed E-state index contributed by atoms with van der Waals surface area (Å²) in [6.07, 6.45) is 0.430. The van der Waals surface area contributed by atoms with Crippen molar-refractivity contribution in [3.63, 3.8) is 0 Å². The summed E-state index contributed by atoms with van der Waals surface area (Å²) in [5.74, 6) is -1.22. The number of carbonyl (C=O) groups is 1. The highest BCUT2D eigenvalue weighted by Gasteiger charge is 2.06. The second kappa shape index (κ2) is 2.88. The lowest BCUT2D eigenvalue weighted by atomic mass is 10.2. The molecule has 0 spiro atoms. The first-order valence-electron chi connectivity index (χ1n) is 2.78. The lowest BCUT2D eigenvalue weighted by molar-refractivity contribution is 0.112. The van der Waals surface area contributed by atoms with Crippen molar-refractivity contribution in [1.82, 2.24) is 0 Å². The summed E-state index contributed by atoms with van der Waals surface area (Å²) in [6.45, 7) is 0. The van der Waals surface area contributed by atoms with E-state index in [0.29, 0.717) is 6.29 Å². The summed E-state index contributed by atoms with van der Waals surface area (Å²) >= 11 is 5.27. The van der Waals surface area contributed by atoms with Gasteiger partial charge in [-0.2, -0.15) is 0 Å². The van der Waals surface area contributed by atoms with Gasteiger partial charge in [-0.05, 0) is 12.1 Å². The van der Waals surface area contributed by atoms with Crippen LogP contribution >= 0.6 is 11.6 Å². The molecule has 4 heteroatoms. The lowest BCUT2D eigenvalue weighted by Crippen LogP contribution is -1.84. The summed E-state index contributed by atoms with van der Waals surface area (Å²) in [7, 11) is 0. The van der Waals surface area contributed by atoms with E-state index < -0.39 is 11.6 Å². The van der Waals surface area contributed by atoms with Gasteiger partial charge in [0.15, 0.2) is 0 Å². The molecule has 1 aromatic carbocycles. The van der Waals surface area contributed by atoms with Crippen LogP contribution in [-0.4, -0.2) is 11.4 Å². The molecule has 2 nitrogen and oxygen atoms in total. The predicted octanol–water partition coefficient (Wildman–Crippen LogP) is 2.00. The van der Waals surface area contributed by atoms with Crippen LogP contribution in [0.3, 0.4) is 0 Å². The Kier molecular flexibility index (Phi) is 2.10. The third kappa shape index (κ3) is 1.49. The molecule has 1 N–H and O–H groups in total. The molecule has 0 saturated heterocycles. The van der Waals surface area contributed by atoms with Crippen LogP contribution in [0.4, 0.5) is 4.39 Å². The van der Waals surface area contributed by atoms with Crippen LogP contribution in [0.15, 0.2) is 12.1 Å². The molecule has 58 valence electrons. The number of benzene rings is 1. The number of aromatic hydroxyl groups is 1. The summed E-state index contributed by atoms with van der Waals surface area (Å²) in [4.78, 5) is 10.1. The summed E-state index contributed by atoms with van der Waals surface area (Å²) in [5, 5.41) is 8.52. The molecule has 1 aromatic rings. The molecule has 0 bridgehead atoms. The first-order chi connectivity index (χ1) is 5.15. The second-order valence-corrected chi connectivity index (χ2v) is 2.33. The zero-order valence-corrected chi connectivity index (χ0v) is 6.10. The highest BCUT2D eigenvalue weighted by molar-refractivity contribution is 6.32. The zero-order chi connectivity index (χ0) is 8.43. The maximum atomic E-state index is 12.6. The number of hydrogen-bond acceptors (Lipinski definition) is 2. The van der Waals surface area contributed by atoms with Crippen LogP contribution in [0.1, 0.15) is 10.4 Å². The lowest BCUT2D eigenvalue weighted by Gasteiger charge is -1.97. The van der Waals surface area contributed by atoms with E-state index in [1.165, 1.54) is 0 Å². The van der Waals surface area contributed by atoms with E-state index in [0.717, 1.165) is 12.1 Å². The van der Waals surface area contributed by atoms with Crippen LogP contribution in [0.5, 0.6) is 5.75 Å². The third-order valence-corrected chi connectivity index (χ3v) is 1.54. The van der Waals surface area contributed by atoms with Crippen LogP contribution in [0, 0.1) is 5.82 Å². The van der Waals surface area contributed by atoms with Crippen LogP contribution in [0.2, 0.25) is 5.02 Å². The quantitative estimate of drug-likeness (QED) is 0.662. The van der Waals surface area contributed by atoms with E-state index in [1.807, 2.05) is 0 Å². The molecule has 11 heavy (non-hydrogen) atoms. The molecule has 0 atom stereocenters. The van der Waals surface area contributed by atoms with Gasteiger partial charge < -0.3 is 5.11 Å². The SMILES string of the molecule is O=Cc1cc(O)c(Cl)c(F)c1. The van der Waals surface area contributed by atoms with Gasteiger partial charge in [0.1, 0.15) is 22.9 Å². The number of phenols is 1. The van der Waals surface area contributed by atoms with E-state index in [2.05, 4.69) is 0 Å². The average molecular weight is 175 g/mol. The predicted molar refractivity (Wildman–Crippen MR) is 38.5 cm³/mol. The van der Waals surface area contributed by atoms with Gasteiger partial charge in [0.05, 0.1) is 0 Å². The third-order valence-electron chi connectivity index (χ3n) is 1.17. The Morgan fingerprint density at radius 1 is 1.55 bits per heavy atom. The topological polar surface area (TPSA) is 37.3 Å². The molecular weight excluding hydrogens is 171 g/mol. The normalized spacial score (nSPS) is 9.64. The number of phenolic OH excluding ortho intramolecular Hbond substituents is 1. The van der Waals surface area contributed by atoms with Crippen molar-refractivity contribution in [1.29, 1.82) is 0 Å². The zero-order valence-electron chi connectivity index (χ0n) is 5.34. The molecule has 0 amide bonds. The van der Waals surface area contributed by atoms with Crippen LogP contribution in [-0.2, 0) is 0 Å². The van der Waals surface area contributed by atoms with Crippen molar-refractivity contribution < 1.29 is 14.3 Å². The van der Waals surface area contributed by atoms with Gasteiger partial charge in [0, 0.05) is 5.56 Å². The molecule has 0 aliphatic heterocycles. The van der Waals surface area contributed by atoms with Crippen molar-refractivity contribution in [2.24, 2.45) is 0 Å². The monoisotopic (exact) mass is 174 g/mol. The Balaban J connectivity index is 3.31. The number of hydrogen-bond donors (Lipinski definition) is 1. The molecule has 0 aromatic heterocycles. The molecule has 0 radical (unpaired) electrons. The minimum absolute atomic E-state index is 0.0596. The first kappa shape index (κ1) is 8.01. The molecule has 0 heterocycles. The second-order valence-electron chi connectivity index (χ2n) is 1.95. The van der Waals surface area contributed by atoms with E-state index in [-0.39, 0.29) is 10.6 Å². The van der Waals surface area contributed by atoms with Crippen LogP contribution < -0.4 is 0 Å². The molecular formula is C7H4ClFO2. The Morgan fingerprint density at radius 3 is 2.64 bits per heavy atom. The molecule has 0 aliphatic carbocycles. The Bertz CT molecular complexity index is 275. The largest absolute Gasteiger partial charge is 0.506 e. The van der Waals surface area contributed by atoms with Gasteiger partial charge in [-0.1, -0.05) is 11.6 Å². The van der Waals surface area contributed by atoms with Gasteiger partial charge in [0.25, 0.3) is 0 Å². The highest BCUT2D eigenvalue weighted by atomic mass is 35.5. The summed E-state index contributed by atoms with van der Waals surface area (Å²) < 4.78 is 12.6. The van der Waals surface area contributed by atoms with Crippen molar-refractivity contribution in [2.75, 3.05) is 0 Å². The van der Waals surface area contributed by atoms with Crippen molar-refractivity contribution in [2.45, 2.75) is 0 Å². The summed E-state index contributed by atoms with van der Waals surface area (Å²) in [5.41, 5.74) is 0.0596. The van der Waals surface area contributed by atoms with Gasteiger partial charge in [-0.25, -0.2) is 4.39 Å². The Hall–Kier alpha value is -1.09. The smallest absolute Gasteiger partial charge is 0.150 e. The standard InChI is InChI=1S/C7H4ClFO2/c8-7-5(9)1-4(3-10)2-6(7)11/h1-3,11H. The first-order valence-corrected chi connectivity index (χ1v) is 3.16. The molecule has 0 saturated carbocycles. The average Bonchev–Trinajstić information content (AvgIpc) is 1.99. The Labute approximate surface area is 67.2 Å². The number of rotatable bonds is 1. The van der Waals surface area contributed by atoms with E-state index >= 15 is 0 Å². The van der Waals surface area contributed by atoms with Crippen molar-refractivity contribution in [3.05, 3.63) is 28.5 Å². The minimum atomic E-state index is -0.797. The fourth-order valence-electron chi connectivity index (χ4n) is 0.663. The van der Waals surface area contributed by atoms with Crippen molar-refractivity contribution in [3.8, 4) is 5.75 Å². The number of halogens is 2. The van der Waals surface area contributed by atoms with Gasteiger partial charge >= 0.3 is 0 Å². The molecule has 0 fully saturated rings. The fraction of sp³-hybridized carbons (Fsp3) is 0. The molecule has 0 unspecified atom stereocenters. The number of aldehydes is 1. The van der Waals surface area contributed by atoms with Gasteiger partial charge in [-0.3, -0.25) is 4.79 Å². The van der Waals surface area contributed by atoms with Crippen molar-refractivity contribution >= 4 is 17.9 Å². The summed E-state index contributed by atoms with van der Waals surface area (Å²) in [6, 6.07) is 2.05. The van der Waals surface area contributed by atoms with Crippen LogP contribution in [0.25, 0.3) is 0 Å². The molecule has 0 aliphatic rings. The number of carbonyl (C=O) groups excluding carboxylic acids is 1. The fourth-order valence-corrected chi connectivity index (χ4v) is 0.772. The van der Waals surface area contributed by atoms with E-state index in [4.69, 9.17) is 16.7 Å². The van der Waals surface area contributed by atoms with Gasteiger partial charge in [0.2, 0.25) is 0 Å². The van der Waals surface area contributed by atoms with E-state index in [9.17, 15) is 9.18 Å². The Morgan fingerprint density at radius 2 is 2.18 bits per heavy atom.